The van der Waals surface area contributed by atoms with E-state index in [-0.39, 0.29) is 24.0 Å². The van der Waals surface area contributed by atoms with Gasteiger partial charge in [-0.15, -0.1) is 24.0 Å². The Hall–Kier alpha value is -2.07. The van der Waals surface area contributed by atoms with E-state index in [1.165, 1.54) is 0 Å². The summed E-state index contributed by atoms with van der Waals surface area (Å²) in [5.74, 6) is 2.70. The van der Waals surface area contributed by atoms with Crippen LogP contribution in [0.3, 0.4) is 0 Å². The third-order valence-electron chi connectivity index (χ3n) is 5.11. The van der Waals surface area contributed by atoms with Gasteiger partial charge in [0.25, 0.3) is 0 Å². The minimum absolute atomic E-state index is 0. The number of rotatable bonds is 6. The Bertz CT molecular complexity index is 957. The summed E-state index contributed by atoms with van der Waals surface area (Å²) in [6.07, 6.45) is 4.67. The number of guanidine groups is 1. The van der Waals surface area contributed by atoms with E-state index in [1.807, 2.05) is 30.3 Å². The maximum absolute atomic E-state index is 6.28. The van der Waals surface area contributed by atoms with Crippen molar-refractivity contribution in [2.24, 2.45) is 4.99 Å². The number of aromatic nitrogens is 3. The van der Waals surface area contributed by atoms with Crippen molar-refractivity contribution in [3.8, 4) is 0 Å². The Morgan fingerprint density at radius 1 is 1.30 bits per heavy atom. The molecule has 9 heteroatoms. The Morgan fingerprint density at radius 2 is 2.17 bits per heavy atom. The Balaban J connectivity index is 0.00000256. The molecule has 0 spiro atoms. The number of para-hydroxylation sites is 2. The molecule has 1 fully saturated rings. The Morgan fingerprint density at radius 3 is 2.97 bits per heavy atom. The summed E-state index contributed by atoms with van der Waals surface area (Å²) in [6, 6.07) is 12.2. The molecule has 4 rings (SSSR count). The molecule has 3 aromatic rings. The first-order valence-electron chi connectivity index (χ1n) is 9.99. The van der Waals surface area contributed by atoms with Crippen molar-refractivity contribution in [1.82, 2.24) is 25.6 Å². The topological polar surface area (TPSA) is 81.2 Å². The number of nitrogens with zero attached hydrogens (tertiary/aromatic N) is 4. The number of fused-ring (bicyclic) bond motifs is 1. The maximum Gasteiger partial charge on any atom is 0.191 e. The summed E-state index contributed by atoms with van der Waals surface area (Å²) in [5, 5.41) is 7.61. The summed E-state index contributed by atoms with van der Waals surface area (Å²) in [5.41, 5.74) is 2.11. The predicted molar refractivity (Wildman–Crippen MR) is 134 cm³/mol. The minimum Gasteiger partial charge on any atom is -0.356 e. The molecule has 3 heterocycles. The van der Waals surface area contributed by atoms with Gasteiger partial charge in [0.2, 0.25) is 0 Å². The average Bonchev–Trinajstić information content (AvgIpc) is 3.37. The second-order valence-corrected chi connectivity index (χ2v) is 7.60. The lowest BCUT2D eigenvalue weighted by molar-refractivity contribution is 0.641. The fraction of sp³-hybridized carbons (Fsp3) is 0.381. The number of aliphatic imine (C=N–C) groups is 1. The van der Waals surface area contributed by atoms with E-state index < -0.39 is 0 Å². The third-order valence-corrected chi connectivity index (χ3v) is 5.41. The quantitative estimate of drug-likeness (QED) is 0.193. The number of nitrogens with one attached hydrogen (secondary N) is 3. The van der Waals surface area contributed by atoms with Crippen LogP contribution in [0.4, 0.5) is 5.82 Å². The number of pyridine rings is 1. The van der Waals surface area contributed by atoms with Gasteiger partial charge in [-0.05, 0) is 37.1 Å². The van der Waals surface area contributed by atoms with Crippen molar-refractivity contribution in [2.75, 3.05) is 31.6 Å². The molecule has 1 aliphatic rings. The van der Waals surface area contributed by atoms with Gasteiger partial charge in [-0.1, -0.05) is 23.7 Å². The molecule has 1 aromatic carbocycles. The van der Waals surface area contributed by atoms with Crippen molar-refractivity contribution in [2.45, 2.75) is 25.3 Å². The maximum atomic E-state index is 6.28. The van der Waals surface area contributed by atoms with Crippen LogP contribution in [-0.4, -0.2) is 53.6 Å². The summed E-state index contributed by atoms with van der Waals surface area (Å²) < 4.78 is 0. The van der Waals surface area contributed by atoms with E-state index in [0.29, 0.717) is 11.1 Å². The monoisotopic (exact) mass is 539 g/mol. The van der Waals surface area contributed by atoms with Gasteiger partial charge in [-0.25, -0.2) is 9.97 Å². The highest BCUT2D eigenvalue weighted by molar-refractivity contribution is 14.0. The molecule has 0 aliphatic carbocycles. The lowest BCUT2D eigenvalue weighted by Crippen LogP contribution is -2.45. The number of halogens is 2. The molecule has 30 heavy (non-hydrogen) atoms. The van der Waals surface area contributed by atoms with Crippen LogP contribution in [-0.2, 0) is 6.42 Å². The lowest BCUT2D eigenvalue weighted by Gasteiger charge is -2.20. The van der Waals surface area contributed by atoms with Crippen LogP contribution in [0.5, 0.6) is 0 Å². The van der Waals surface area contributed by atoms with Crippen LogP contribution in [0.25, 0.3) is 11.0 Å². The molecule has 0 saturated carbocycles. The number of imidazole rings is 1. The second kappa shape index (κ2) is 10.8. The zero-order chi connectivity index (χ0) is 20.1. The summed E-state index contributed by atoms with van der Waals surface area (Å²) in [7, 11) is 1.80. The van der Waals surface area contributed by atoms with Gasteiger partial charge >= 0.3 is 0 Å². The van der Waals surface area contributed by atoms with Crippen LogP contribution in [0.15, 0.2) is 47.6 Å². The SMILES string of the molecule is CN=C(NCCCc1nc2ccccc2[nH]1)NC1CCN(c2ncccc2Cl)C1.I. The van der Waals surface area contributed by atoms with Crippen molar-refractivity contribution < 1.29 is 0 Å². The first kappa shape index (κ1) is 22.6. The number of aromatic amines is 1. The van der Waals surface area contributed by atoms with Crippen molar-refractivity contribution in [3.05, 3.63) is 53.4 Å². The molecule has 160 valence electrons. The zero-order valence-corrected chi connectivity index (χ0v) is 20.0. The second-order valence-electron chi connectivity index (χ2n) is 7.19. The standard InChI is InChI=1S/C21H26ClN7.HI/c1-23-21(25-12-5-9-19-27-17-7-2-3-8-18(17)28-19)26-15-10-13-29(14-15)20-16(22)6-4-11-24-20;/h2-4,6-8,11,15H,5,9-10,12-14H2,1H3,(H,27,28)(H2,23,25,26);1H. The molecule has 0 amide bonds. The van der Waals surface area contributed by atoms with Gasteiger partial charge in [-0.2, -0.15) is 0 Å². The highest BCUT2D eigenvalue weighted by Crippen LogP contribution is 2.25. The molecule has 2 aromatic heterocycles. The summed E-state index contributed by atoms with van der Waals surface area (Å²) >= 11 is 6.28. The first-order chi connectivity index (χ1) is 14.2. The molecule has 1 aliphatic heterocycles. The van der Waals surface area contributed by atoms with E-state index in [0.717, 1.165) is 67.5 Å². The van der Waals surface area contributed by atoms with Crippen molar-refractivity contribution >= 4 is 58.4 Å². The molecule has 3 N–H and O–H groups in total. The van der Waals surface area contributed by atoms with Gasteiger partial charge in [-0.3, -0.25) is 4.99 Å². The van der Waals surface area contributed by atoms with E-state index in [1.54, 1.807) is 13.2 Å². The number of H-pyrrole nitrogens is 1. The van der Waals surface area contributed by atoms with Gasteiger partial charge in [0.1, 0.15) is 11.6 Å². The normalized spacial score (nSPS) is 16.5. The van der Waals surface area contributed by atoms with Crippen molar-refractivity contribution in [3.63, 3.8) is 0 Å². The number of anilines is 1. The van der Waals surface area contributed by atoms with Crippen LogP contribution in [0.2, 0.25) is 5.02 Å². The fourth-order valence-corrected chi connectivity index (χ4v) is 3.90. The number of hydrogen-bond acceptors (Lipinski definition) is 4. The van der Waals surface area contributed by atoms with E-state index in [9.17, 15) is 0 Å². The minimum atomic E-state index is 0. The number of hydrogen-bond donors (Lipinski definition) is 3. The molecule has 7 nitrogen and oxygen atoms in total. The average molecular weight is 540 g/mol. The Labute approximate surface area is 198 Å². The van der Waals surface area contributed by atoms with Crippen LogP contribution >= 0.6 is 35.6 Å². The predicted octanol–water partition coefficient (Wildman–Crippen LogP) is 3.61. The van der Waals surface area contributed by atoms with Crippen LogP contribution in [0.1, 0.15) is 18.7 Å². The number of aryl methyl sites for hydroxylation is 1. The molecule has 1 saturated heterocycles. The Kier molecular flexibility index (Phi) is 8.15. The van der Waals surface area contributed by atoms with Gasteiger partial charge in [0.05, 0.1) is 16.1 Å². The molecular weight excluding hydrogens is 513 g/mol. The van der Waals surface area contributed by atoms with Gasteiger partial charge < -0.3 is 20.5 Å². The lowest BCUT2D eigenvalue weighted by atomic mass is 10.2. The summed E-state index contributed by atoms with van der Waals surface area (Å²) in [6.45, 7) is 2.62. The number of benzene rings is 1. The highest BCUT2D eigenvalue weighted by Gasteiger charge is 2.25. The fourth-order valence-electron chi connectivity index (χ4n) is 3.66. The van der Waals surface area contributed by atoms with Crippen LogP contribution in [0, 0.1) is 0 Å². The van der Waals surface area contributed by atoms with E-state index in [2.05, 4.69) is 41.5 Å². The first-order valence-corrected chi connectivity index (χ1v) is 10.4. The summed E-state index contributed by atoms with van der Waals surface area (Å²) in [4.78, 5) is 19.0. The van der Waals surface area contributed by atoms with E-state index in [4.69, 9.17) is 11.6 Å². The third kappa shape index (κ3) is 5.54. The van der Waals surface area contributed by atoms with Crippen LogP contribution < -0.4 is 15.5 Å². The molecule has 1 unspecified atom stereocenters. The molecular formula is C21H27ClIN7. The highest BCUT2D eigenvalue weighted by atomic mass is 127. The molecule has 0 bridgehead atoms. The van der Waals surface area contributed by atoms with Gasteiger partial charge in [0.15, 0.2) is 5.96 Å². The molecule has 1 atom stereocenters. The zero-order valence-electron chi connectivity index (χ0n) is 16.9. The van der Waals surface area contributed by atoms with E-state index >= 15 is 0 Å². The smallest absolute Gasteiger partial charge is 0.191 e. The molecule has 0 radical (unpaired) electrons. The largest absolute Gasteiger partial charge is 0.356 e. The van der Waals surface area contributed by atoms with Gasteiger partial charge in [0, 0.05) is 45.3 Å². The van der Waals surface area contributed by atoms with Crippen molar-refractivity contribution in [1.29, 1.82) is 0 Å².